The number of nitrogens with zero attached hydrogens (tertiary/aromatic N) is 1. The van der Waals surface area contributed by atoms with Crippen molar-refractivity contribution >= 4 is 17.9 Å². The third-order valence-electron chi connectivity index (χ3n) is 4.29. The number of hydrogen-bond acceptors (Lipinski definition) is 11. The fourth-order valence-corrected chi connectivity index (χ4v) is 3.08. The van der Waals surface area contributed by atoms with E-state index in [-0.39, 0.29) is 18.7 Å². The average Bonchev–Trinajstić information content (AvgIpc) is 2.98. The molecular weight excluding hydrogens is 416 g/mol. The van der Waals surface area contributed by atoms with Gasteiger partial charge < -0.3 is 30.0 Å². The Balaban J connectivity index is 2.45. The van der Waals surface area contributed by atoms with E-state index in [1.807, 2.05) is 0 Å². The van der Waals surface area contributed by atoms with Gasteiger partial charge in [0.15, 0.2) is 18.4 Å². The molecule has 0 aromatic carbocycles. The van der Waals surface area contributed by atoms with Crippen LogP contribution in [-0.2, 0) is 39.9 Å². The van der Waals surface area contributed by atoms with Gasteiger partial charge in [-0.1, -0.05) is 0 Å². The highest BCUT2D eigenvalue weighted by Gasteiger charge is 2.51. The van der Waals surface area contributed by atoms with Crippen molar-refractivity contribution in [1.29, 1.82) is 0 Å². The summed E-state index contributed by atoms with van der Waals surface area (Å²) in [5.74, 6) is -2.02. The van der Waals surface area contributed by atoms with Crippen LogP contribution in [0.2, 0.25) is 0 Å². The monoisotopic (exact) mass is 442 g/mol. The molecule has 1 fully saturated rings. The molecule has 2 rings (SSSR count). The second kappa shape index (κ2) is 10.8. The highest BCUT2D eigenvalue weighted by Crippen LogP contribution is 2.33. The van der Waals surface area contributed by atoms with Gasteiger partial charge in [0.05, 0.1) is 0 Å². The van der Waals surface area contributed by atoms with E-state index in [4.69, 9.17) is 24.7 Å². The van der Waals surface area contributed by atoms with Crippen molar-refractivity contribution in [2.75, 3.05) is 19.7 Å². The van der Waals surface area contributed by atoms with E-state index >= 15 is 0 Å². The van der Waals surface area contributed by atoms with Crippen LogP contribution < -0.4 is 22.3 Å². The number of hydrogen-bond donors (Lipinski definition) is 3. The number of carbonyl (C=O) groups excluding carboxylic acids is 3. The molecular formula is C18H26N4O9. The Hall–Kier alpha value is -3.03. The van der Waals surface area contributed by atoms with Crippen molar-refractivity contribution in [2.45, 2.75) is 51.9 Å². The van der Waals surface area contributed by atoms with Crippen LogP contribution in [0.1, 0.15) is 32.6 Å². The molecule has 0 radical (unpaired) electrons. The zero-order valence-electron chi connectivity index (χ0n) is 17.4. The fourth-order valence-electron chi connectivity index (χ4n) is 3.08. The summed E-state index contributed by atoms with van der Waals surface area (Å²) in [5, 5.41) is 2.94. The number of aromatic nitrogens is 2. The van der Waals surface area contributed by atoms with Crippen molar-refractivity contribution in [1.82, 2.24) is 14.9 Å². The first-order valence-electron chi connectivity index (χ1n) is 9.52. The number of H-pyrrole nitrogens is 1. The highest BCUT2D eigenvalue weighted by molar-refractivity contribution is 5.68. The van der Waals surface area contributed by atoms with Crippen LogP contribution in [0.25, 0.3) is 0 Å². The minimum absolute atomic E-state index is 0.113. The Morgan fingerprint density at radius 3 is 2.35 bits per heavy atom. The molecule has 172 valence electrons. The maximum atomic E-state index is 12.5. The lowest BCUT2D eigenvalue weighted by Crippen LogP contribution is -2.43. The van der Waals surface area contributed by atoms with Crippen molar-refractivity contribution in [3.05, 3.63) is 32.6 Å². The van der Waals surface area contributed by atoms with Crippen molar-refractivity contribution in [2.24, 2.45) is 5.73 Å². The molecule has 13 nitrogen and oxygen atoms in total. The van der Waals surface area contributed by atoms with Crippen LogP contribution in [0.3, 0.4) is 0 Å². The SMILES string of the molecule is CC(=O)OC[C@H]1O[C@@H](n2cc(CNCCN)c(=O)[nH]c2=O)[C@H](OC(C)=O)[C@@H]1OC(C)=O. The van der Waals surface area contributed by atoms with Crippen molar-refractivity contribution < 1.29 is 33.3 Å². The Kier molecular flexibility index (Phi) is 8.47. The van der Waals surface area contributed by atoms with Gasteiger partial charge in [0.2, 0.25) is 0 Å². The topological polar surface area (TPSA) is 181 Å². The van der Waals surface area contributed by atoms with Crippen LogP contribution in [0.5, 0.6) is 0 Å². The van der Waals surface area contributed by atoms with Gasteiger partial charge in [0.1, 0.15) is 12.7 Å². The first kappa shape index (κ1) is 24.2. The minimum atomic E-state index is -1.26. The van der Waals surface area contributed by atoms with Crippen LogP contribution >= 0.6 is 0 Å². The molecule has 2 heterocycles. The molecule has 0 saturated carbocycles. The predicted octanol–water partition coefficient (Wildman–Crippen LogP) is -2.09. The molecule has 1 aromatic rings. The Bertz CT molecular complexity index is 925. The largest absolute Gasteiger partial charge is 0.463 e. The van der Waals surface area contributed by atoms with E-state index in [0.29, 0.717) is 13.1 Å². The number of rotatable bonds is 9. The number of aromatic amines is 1. The lowest BCUT2D eigenvalue weighted by molar-refractivity contribution is -0.166. The quantitative estimate of drug-likeness (QED) is 0.217. The number of carbonyl (C=O) groups is 3. The van der Waals surface area contributed by atoms with Gasteiger partial charge in [-0.3, -0.25) is 28.7 Å². The van der Waals surface area contributed by atoms with E-state index in [9.17, 15) is 24.0 Å². The lowest BCUT2D eigenvalue weighted by atomic mass is 10.1. The summed E-state index contributed by atoms with van der Waals surface area (Å²) in [6.45, 7) is 4.05. The van der Waals surface area contributed by atoms with Crippen LogP contribution in [0.4, 0.5) is 0 Å². The molecule has 4 atom stereocenters. The van der Waals surface area contributed by atoms with Gasteiger partial charge in [-0.2, -0.15) is 0 Å². The van der Waals surface area contributed by atoms with E-state index in [2.05, 4.69) is 10.3 Å². The molecule has 1 aliphatic rings. The first-order chi connectivity index (χ1) is 14.6. The summed E-state index contributed by atoms with van der Waals surface area (Å²) in [4.78, 5) is 61.3. The second-order valence-electron chi connectivity index (χ2n) is 6.80. The molecule has 0 amide bonds. The molecule has 0 aliphatic carbocycles. The van der Waals surface area contributed by atoms with Gasteiger partial charge in [0, 0.05) is 52.2 Å². The van der Waals surface area contributed by atoms with E-state index in [0.717, 1.165) is 18.4 Å². The van der Waals surface area contributed by atoms with Gasteiger partial charge in [-0.15, -0.1) is 0 Å². The molecule has 13 heteroatoms. The maximum absolute atomic E-state index is 12.5. The molecule has 0 spiro atoms. The Morgan fingerprint density at radius 2 is 1.77 bits per heavy atom. The first-order valence-corrected chi connectivity index (χ1v) is 9.52. The molecule has 31 heavy (non-hydrogen) atoms. The molecule has 1 aliphatic heterocycles. The zero-order chi connectivity index (χ0) is 23.1. The van der Waals surface area contributed by atoms with Gasteiger partial charge in [-0.25, -0.2) is 4.79 Å². The standard InChI is InChI=1S/C18H26N4O9/c1-9(23)28-8-13-14(29-10(2)24)15(30-11(3)25)17(31-13)22-7-12(6-20-5-4-19)16(26)21-18(22)27/h7,13-15,17,20H,4-6,8,19H2,1-3H3,(H,21,26,27)/t13-,14-,15-,17-/m1/s1. The summed E-state index contributed by atoms with van der Waals surface area (Å²) in [6.07, 6.45) is -3.43. The Labute approximate surface area is 176 Å². The summed E-state index contributed by atoms with van der Waals surface area (Å²) < 4.78 is 22.3. The molecule has 1 saturated heterocycles. The molecule has 1 aromatic heterocycles. The van der Waals surface area contributed by atoms with Gasteiger partial charge >= 0.3 is 23.6 Å². The van der Waals surface area contributed by atoms with Crippen LogP contribution in [-0.4, -0.2) is 65.5 Å². The molecule has 0 unspecified atom stereocenters. The minimum Gasteiger partial charge on any atom is -0.463 e. The second-order valence-corrected chi connectivity index (χ2v) is 6.80. The summed E-state index contributed by atoms with van der Waals surface area (Å²) in [6, 6.07) is 0. The number of ether oxygens (including phenoxy) is 4. The third kappa shape index (κ3) is 6.47. The summed E-state index contributed by atoms with van der Waals surface area (Å²) >= 11 is 0. The third-order valence-corrected chi connectivity index (χ3v) is 4.29. The lowest BCUT2D eigenvalue weighted by Gasteiger charge is -2.24. The fraction of sp³-hybridized carbons (Fsp3) is 0.611. The van der Waals surface area contributed by atoms with Crippen LogP contribution in [0.15, 0.2) is 15.8 Å². The number of nitrogens with one attached hydrogen (secondary N) is 2. The van der Waals surface area contributed by atoms with Gasteiger partial charge in [-0.05, 0) is 0 Å². The smallest absolute Gasteiger partial charge is 0.330 e. The molecule has 4 N–H and O–H groups in total. The zero-order valence-corrected chi connectivity index (χ0v) is 17.4. The average molecular weight is 442 g/mol. The maximum Gasteiger partial charge on any atom is 0.330 e. The highest BCUT2D eigenvalue weighted by atomic mass is 16.7. The summed E-state index contributed by atoms with van der Waals surface area (Å²) in [7, 11) is 0. The van der Waals surface area contributed by atoms with Crippen molar-refractivity contribution in [3.8, 4) is 0 Å². The van der Waals surface area contributed by atoms with E-state index in [1.54, 1.807) is 0 Å². The van der Waals surface area contributed by atoms with E-state index < -0.39 is 53.7 Å². The Morgan fingerprint density at radius 1 is 1.13 bits per heavy atom. The molecule has 0 bridgehead atoms. The van der Waals surface area contributed by atoms with E-state index in [1.165, 1.54) is 13.1 Å². The predicted molar refractivity (Wildman–Crippen MR) is 104 cm³/mol. The van der Waals surface area contributed by atoms with Gasteiger partial charge in [0.25, 0.3) is 5.56 Å². The summed E-state index contributed by atoms with van der Waals surface area (Å²) in [5.41, 5.74) is 4.18. The van der Waals surface area contributed by atoms with Crippen LogP contribution in [0, 0.1) is 0 Å². The number of nitrogens with two attached hydrogens (primary N) is 1. The number of esters is 3. The van der Waals surface area contributed by atoms with Crippen molar-refractivity contribution in [3.63, 3.8) is 0 Å². The normalized spacial score (nSPS) is 22.7.